The summed E-state index contributed by atoms with van der Waals surface area (Å²) in [5.41, 5.74) is 1.58. The van der Waals surface area contributed by atoms with Gasteiger partial charge in [-0.25, -0.2) is 4.39 Å². The summed E-state index contributed by atoms with van der Waals surface area (Å²) in [5, 5.41) is 0. The molecule has 1 aliphatic rings. The van der Waals surface area contributed by atoms with Gasteiger partial charge in [0.2, 0.25) is 0 Å². The summed E-state index contributed by atoms with van der Waals surface area (Å²) in [7, 11) is 1.60. The predicted octanol–water partition coefficient (Wildman–Crippen LogP) is 3.66. The predicted molar refractivity (Wildman–Crippen MR) is 93.1 cm³/mol. The summed E-state index contributed by atoms with van der Waals surface area (Å²) < 4.78 is 24.0. The zero-order valence-corrected chi connectivity index (χ0v) is 14.3. The van der Waals surface area contributed by atoms with Gasteiger partial charge in [0.1, 0.15) is 11.6 Å². The van der Waals surface area contributed by atoms with Crippen LogP contribution in [-0.2, 0) is 11.3 Å². The van der Waals surface area contributed by atoms with E-state index in [1.165, 1.54) is 12.1 Å². The smallest absolute Gasteiger partial charge is 0.253 e. The van der Waals surface area contributed by atoms with Gasteiger partial charge in [-0.05, 0) is 54.8 Å². The number of piperidine rings is 1. The monoisotopic (exact) mass is 343 g/mol. The van der Waals surface area contributed by atoms with Gasteiger partial charge in [0.05, 0.1) is 19.8 Å². The van der Waals surface area contributed by atoms with Gasteiger partial charge in [-0.3, -0.25) is 4.79 Å². The van der Waals surface area contributed by atoms with E-state index in [-0.39, 0.29) is 17.8 Å². The molecule has 0 N–H and O–H groups in total. The number of benzene rings is 2. The van der Waals surface area contributed by atoms with E-state index in [0.717, 1.165) is 30.7 Å². The SMILES string of the molecule is COc1ccc(C(=O)N2CCCC(OCc3ccc(F)cc3)C2)cc1. The average Bonchev–Trinajstić information content (AvgIpc) is 2.67. The number of methoxy groups -OCH3 is 1. The van der Waals surface area contributed by atoms with Crippen LogP contribution < -0.4 is 4.74 Å². The Kier molecular flexibility index (Phi) is 5.66. The summed E-state index contributed by atoms with van der Waals surface area (Å²) >= 11 is 0. The number of amides is 1. The highest BCUT2D eigenvalue weighted by Crippen LogP contribution is 2.19. The summed E-state index contributed by atoms with van der Waals surface area (Å²) in [6.07, 6.45) is 1.84. The highest BCUT2D eigenvalue weighted by Gasteiger charge is 2.25. The second-order valence-electron chi connectivity index (χ2n) is 6.18. The maximum atomic E-state index is 12.9. The number of hydrogen-bond donors (Lipinski definition) is 0. The molecular formula is C20H22FNO3. The number of nitrogens with zero attached hydrogens (tertiary/aromatic N) is 1. The number of likely N-dealkylation sites (tertiary alicyclic amines) is 1. The second kappa shape index (κ2) is 8.12. The molecule has 1 aliphatic heterocycles. The van der Waals surface area contributed by atoms with Crippen molar-refractivity contribution in [3.05, 3.63) is 65.5 Å². The zero-order valence-electron chi connectivity index (χ0n) is 14.3. The topological polar surface area (TPSA) is 38.8 Å². The lowest BCUT2D eigenvalue weighted by atomic mass is 10.1. The Morgan fingerprint density at radius 3 is 2.56 bits per heavy atom. The third-order valence-electron chi connectivity index (χ3n) is 4.40. The Balaban J connectivity index is 1.56. The Hall–Kier alpha value is -2.40. The van der Waals surface area contributed by atoms with Crippen LogP contribution in [0.5, 0.6) is 5.75 Å². The van der Waals surface area contributed by atoms with Crippen molar-refractivity contribution in [2.24, 2.45) is 0 Å². The summed E-state index contributed by atoms with van der Waals surface area (Å²) in [6.45, 7) is 1.74. The molecule has 0 radical (unpaired) electrons. The van der Waals surface area contributed by atoms with Crippen LogP contribution in [-0.4, -0.2) is 37.1 Å². The minimum absolute atomic E-state index is 0.000927. The van der Waals surface area contributed by atoms with Crippen LogP contribution in [0.3, 0.4) is 0 Å². The molecule has 2 aromatic rings. The highest BCUT2D eigenvalue weighted by molar-refractivity contribution is 5.94. The van der Waals surface area contributed by atoms with E-state index >= 15 is 0 Å². The van der Waals surface area contributed by atoms with Crippen LogP contribution in [0.25, 0.3) is 0 Å². The second-order valence-corrected chi connectivity index (χ2v) is 6.18. The van der Waals surface area contributed by atoms with Gasteiger partial charge in [-0.15, -0.1) is 0 Å². The first-order chi connectivity index (χ1) is 12.2. The maximum Gasteiger partial charge on any atom is 0.253 e. The lowest BCUT2D eigenvalue weighted by molar-refractivity contribution is -0.00674. The van der Waals surface area contributed by atoms with Crippen LogP contribution >= 0.6 is 0 Å². The molecule has 3 rings (SSSR count). The van der Waals surface area contributed by atoms with E-state index in [2.05, 4.69) is 0 Å². The van der Waals surface area contributed by atoms with E-state index < -0.39 is 0 Å². The summed E-state index contributed by atoms with van der Waals surface area (Å²) in [5.74, 6) is 0.492. The van der Waals surface area contributed by atoms with Gasteiger partial charge in [0.15, 0.2) is 0 Å². The molecule has 0 spiro atoms. The number of hydrogen-bond acceptors (Lipinski definition) is 3. The van der Waals surface area contributed by atoms with Gasteiger partial charge in [-0.2, -0.15) is 0 Å². The molecule has 1 heterocycles. The van der Waals surface area contributed by atoms with Gasteiger partial charge < -0.3 is 14.4 Å². The minimum atomic E-state index is -0.252. The molecule has 25 heavy (non-hydrogen) atoms. The standard InChI is InChI=1S/C20H22FNO3/c1-24-18-10-6-16(7-11-18)20(23)22-12-2-3-19(13-22)25-14-15-4-8-17(21)9-5-15/h4-11,19H,2-3,12-14H2,1H3. The van der Waals surface area contributed by atoms with Crippen LogP contribution in [0.4, 0.5) is 4.39 Å². The highest BCUT2D eigenvalue weighted by atomic mass is 19.1. The largest absolute Gasteiger partial charge is 0.497 e. The van der Waals surface area contributed by atoms with E-state index in [1.54, 1.807) is 43.5 Å². The van der Waals surface area contributed by atoms with E-state index in [0.29, 0.717) is 18.7 Å². The molecule has 1 saturated heterocycles. The Labute approximate surface area is 147 Å². The van der Waals surface area contributed by atoms with E-state index in [1.807, 2.05) is 4.90 Å². The number of carbonyl (C=O) groups is 1. The zero-order chi connectivity index (χ0) is 17.6. The van der Waals surface area contributed by atoms with Crippen molar-refractivity contribution >= 4 is 5.91 Å². The fourth-order valence-corrected chi connectivity index (χ4v) is 2.97. The first kappa shape index (κ1) is 17.4. The van der Waals surface area contributed by atoms with Gasteiger partial charge in [0, 0.05) is 18.7 Å². The van der Waals surface area contributed by atoms with Gasteiger partial charge in [-0.1, -0.05) is 12.1 Å². The molecule has 0 saturated carbocycles. The van der Waals surface area contributed by atoms with Crippen molar-refractivity contribution in [1.82, 2.24) is 4.90 Å². The van der Waals surface area contributed by atoms with Gasteiger partial charge >= 0.3 is 0 Å². The number of ether oxygens (including phenoxy) is 2. The Bertz CT molecular complexity index is 700. The van der Waals surface area contributed by atoms with Crippen molar-refractivity contribution in [3.63, 3.8) is 0 Å². The third-order valence-corrected chi connectivity index (χ3v) is 4.40. The van der Waals surface area contributed by atoms with Crippen molar-refractivity contribution in [2.45, 2.75) is 25.6 Å². The number of carbonyl (C=O) groups excluding carboxylic acids is 1. The average molecular weight is 343 g/mol. The van der Waals surface area contributed by atoms with Crippen molar-refractivity contribution in [3.8, 4) is 5.75 Å². The molecule has 1 fully saturated rings. The normalized spacial score (nSPS) is 17.4. The minimum Gasteiger partial charge on any atom is -0.497 e. The molecule has 1 unspecified atom stereocenters. The van der Waals surface area contributed by atoms with Crippen LogP contribution in [0.1, 0.15) is 28.8 Å². The molecular weight excluding hydrogens is 321 g/mol. The number of halogens is 1. The molecule has 0 bridgehead atoms. The van der Waals surface area contributed by atoms with Crippen molar-refractivity contribution in [2.75, 3.05) is 20.2 Å². The fourth-order valence-electron chi connectivity index (χ4n) is 2.97. The van der Waals surface area contributed by atoms with Crippen LogP contribution in [0, 0.1) is 5.82 Å². The first-order valence-corrected chi connectivity index (χ1v) is 8.45. The van der Waals surface area contributed by atoms with Crippen molar-refractivity contribution < 1.29 is 18.7 Å². The Morgan fingerprint density at radius 1 is 1.16 bits per heavy atom. The molecule has 1 atom stereocenters. The molecule has 1 amide bonds. The lowest BCUT2D eigenvalue weighted by Crippen LogP contribution is -2.43. The molecule has 4 nitrogen and oxygen atoms in total. The third kappa shape index (κ3) is 4.57. The molecule has 0 aromatic heterocycles. The lowest BCUT2D eigenvalue weighted by Gasteiger charge is -2.32. The van der Waals surface area contributed by atoms with Crippen LogP contribution in [0.2, 0.25) is 0 Å². The van der Waals surface area contributed by atoms with E-state index in [4.69, 9.17) is 9.47 Å². The Morgan fingerprint density at radius 2 is 1.88 bits per heavy atom. The molecule has 132 valence electrons. The summed E-state index contributed by atoms with van der Waals surface area (Å²) in [6, 6.07) is 13.4. The first-order valence-electron chi connectivity index (χ1n) is 8.45. The van der Waals surface area contributed by atoms with Gasteiger partial charge in [0.25, 0.3) is 5.91 Å². The maximum absolute atomic E-state index is 12.9. The quantitative estimate of drug-likeness (QED) is 0.832. The summed E-state index contributed by atoms with van der Waals surface area (Å²) in [4.78, 5) is 14.5. The molecule has 5 heteroatoms. The molecule has 2 aromatic carbocycles. The van der Waals surface area contributed by atoms with E-state index in [9.17, 15) is 9.18 Å². The van der Waals surface area contributed by atoms with Crippen LogP contribution in [0.15, 0.2) is 48.5 Å². The van der Waals surface area contributed by atoms with Crippen molar-refractivity contribution in [1.29, 1.82) is 0 Å². The fraction of sp³-hybridized carbons (Fsp3) is 0.350. The molecule has 0 aliphatic carbocycles. The number of rotatable bonds is 5.